The molecule has 0 unspecified atom stereocenters. The molecule has 0 spiro atoms. The predicted octanol–water partition coefficient (Wildman–Crippen LogP) is 7.01. The third kappa shape index (κ3) is 7.64. The summed E-state index contributed by atoms with van der Waals surface area (Å²) in [4.78, 5) is 11.2. The molecule has 0 aliphatic heterocycles. The summed E-state index contributed by atoms with van der Waals surface area (Å²) >= 11 is 0. The lowest BCUT2D eigenvalue weighted by molar-refractivity contribution is 0.0618. The second-order valence-corrected chi connectivity index (χ2v) is 9.86. The van der Waals surface area contributed by atoms with E-state index in [9.17, 15) is 14.3 Å². The van der Waals surface area contributed by atoms with E-state index in [1.54, 1.807) is 25.1 Å². The minimum absolute atomic E-state index is 0.164. The molecule has 0 aliphatic carbocycles. The molecule has 0 bridgehead atoms. The lowest BCUT2D eigenvalue weighted by Crippen LogP contribution is -2.42. The van der Waals surface area contributed by atoms with E-state index in [2.05, 4.69) is 19.2 Å². The van der Waals surface area contributed by atoms with Gasteiger partial charge in [-0.3, -0.25) is 0 Å². The predicted molar refractivity (Wildman–Crippen MR) is 141 cm³/mol. The minimum Gasteiger partial charge on any atom is -0.478 e. The number of carboxylic acids is 1. The van der Waals surface area contributed by atoms with Crippen LogP contribution in [0.3, 0.4) is 0 Å². The van der Waals surface area contributed by atoms with Crippen molar-refractivity contribution in [1.29, 1.82) is 0 Å². The highest BCUT2D eigenvalue weighted by molar-refractivity contribution is 5.88. The Morgan fingerprint density at radius 2 is 1.78 bits per heavy atom. The van der Waals surface area contributed by atoms with Crippen molar-refractivity contribution in [3.05, 3.63) is 94.3 Å². The Morgan fingerprint density at radius 1 is 1.03 bits per heavy atom. The molecule has 0 saturated heterocycles. The molecule has 0 aliphatic rings. The lowest BCUT2D eigenvalue weighted by Gasteiger charge is -2.27. The van der Waals surface area contributed by atoms with Crippen molar-refractivity contribution in [3.63, 3.8) is 0 Å². The SMILES string of the molecule is Cc1ccc(CC(C)(C)NCCCO[C@H](C)c2ccccc2Oc2ccc(C(=O)O)cc2C)cc1F. The van der Waals surface area contributed by atoms with Crippen LogP contribution in [0.1, 0.15) is 65.9 Å². The Bertz CT molecular complexity index is 1190. The summed E-state index contributed by atoms with van der Waals surface area (Å²) in [6, 6.07) is 17.9. The van der Waals surface area contributed by atoms with Gasteiger partial charge in [-0.25, -0.2) is 9.18 Å². The summed E-state index contributed by atoms with van der Waals surface area (Å²) < 4.78 is 26.1. The van der Waals surface area contributed by atoms with E-state index in [1.807, 2.05) is 50.2 Å². The van der Waals surface area contributed by atoms with Crippen molar-refractivity contribution in [2.45, 2.75) is 59.1 Å². The monoisotopic (exact) mass is 493 g/mol. The van der Waals surface area contributed by atoms with Gasteiger partial charge in [0.1, 0.15) is 17.3 Å². The molecule has 3 aromatic rings. The summed E-state index contributed by atoms with van der Waals surface area (Å²) in [7, 11) is 0. The van der Waals surface area contributed by atoms with E-state index in [0.29, 0.717) is 23.7 Å². The largest absolute Gasteiger partial charge is 0.478 e. The van der Waals surface area contributed by atoms with E-state index in [4.69, 9.17) is 9.47 Å². The van der Waals surface area contributed by atoms with Gasteiger partial charge in [-0.15, -0.1) is 0 Å². The van der Waals surface area contributed by atoms with Crippen LogP contribution in [0.4, 0.5) is 4.39 Å². The van der Waals surface area contributed by atoms with Gasteiger partial charge in [0.25, 0.3) is 0 Å². The summed E-state index contributed by atoms with van der Waals surface area (Å²) in [5.41, 5.74) is 3.38. The highest BCUT2D eigenvalue weighted by Gasteiger charge is 2.18. The van der Waals surface area contributed by atoms with Crippen molar-refractivity contribution in [3.8, 4) is 11.5 Å². The van der Waals surface area contributed by atoms with Crippen LogP contribution in [0.5, 0.6) is 11.5 Å². The first-order valence-electron chi connectivity index (χ1n) is 12.3. The summed E-state index contributed by atoms with van der Waals surface area (Å²) in [6.45, 7) is 11.2. The fraction of sp³-hybridized carbons (Fsp3) is 0.367. The number of carbonyl (C=O) groups is 1. The number of hydrogen-bond acceptors (Lipinski definition) is 4. The zero-order chi connectivity index (χ0) is 26.3. The maximum absolute atomic E-state index is 13.9. The molecule has 0 amide bonds. The average molecular weight is 494 g/mol. The smallest absolute Gasteiger partial charge is 0.335 e. The van der Waals surface area contributed by atoms with Gasteiger partial charge in [-0.2, -0.15) is 0 Å². The number of ether oxygens (including phenoxy) is 2. The maximum atomic E-state index is 13.9. The molecule has 0 radical (unpaired) electrons. The van der Waals surface area contributed by atoms with E-state index in [1.165, 1.54) is 6.07 Å². The molecule has 5 nitrogen and oxygen atoms in total. The second kappa shape index (κ2) is 12.2. The summed E-state index contributed by atoms with van der Waals surface area (Å²) in [5, 5.41) is 12.7. The third-order valence-electron chi connectivity index (χ3n) is 6.17. The van der Waals surface area contributed by atoms with Gasteiger partial charge in [-0.1, -0.05) is 30.3 Å². The summed E-state index contributed by atoms with van der Waals surface area (Å²) in [5.74, 6) is 0.164. The maximum Gasteiger partial charge on any atom is 0.335 e. The molecule has 1 atom stereocenters. The van der Waals surface area contributed by atoms with Crippen LogP contribution in [0, 0.1) is 19.7 Å². The van der Waals surface area contributed by atoms with E-state index in [-0.39, 0.29) is 23.0 Å². The van der Waals surface area contributed by atoms with Gasteiger partial charge in [0.05, 0.1) is 11.7 Å². The molecule has 3 aromatic carbocycles. The number of carboxylic acid groups (broad SMARTS) is 1. The molecule has 0 fully saturated rings. The van der Waals surface area contributed by atoms with Crippen LogP contribution in [0.15, 0.2) is 60.7 Å². The Balaban J connectivity index is 1.51. The molecule has 0 heterocycles. The first kappa shape index (κ1) is 27.4. The molecular formula is C30H36FNO4. The second-order valence-electron chi connectivity index (χ2n) is 9.86. The van der Waals surface area contributed by atoms with Crippen LogP contribution in [0.25, 0.3) is 0 Å². The number of rotatable bonds is 12. The van der Waals surface area contributed by atoms with Gasteiger partial charge < -0.3 is 19.9 Å². The third-order valence-corrected chi connectivity index (χ3v) is 6.17. The average Bonchev–Trinajstić information content (AvgIpc) is 2.82. The van der Waals surface area contributed by atoms with Gasteiger partial charge in [0, 0.05) is 17.7 Å². The first-order chi connectivity index (χ1) is 17.1. The van der Waals surface area contributed by atoms with Crippen LogP contribution >= 0.6 is 0 Å². The number of benzene rings is 3. The molecule has 192 valence electrons. The van der Waals surface area contributed by atoms with Crippen molar-refractivity contribution in [1.82, 2.24) is 5.32 Å². The normalized spacial score (nSPS) is 12.4. The molecule has 0 aromatic heterocycles. The first-order valence-corrected chi connectivity index (χ1v) is 12.3. The number of aryl methyl sites for hydroxylation is 2. The highest BCUT2D eigenvalue weighted by atomic mass is 19.1. The van der Waals surface area contributed by atoms with E-state index >= 15 is 0 Å². The Labute approximate surface area is 213 Å². The molecule has 0 saturated carbocycles. The van der Waals surface area contributed by atoms with Gasteiger partial charge >= 0.3 is 5.97 Å². The number of hydrogen-bond donors (Lipinski definition) is 2. The minimum atomic E-state index is -0.964. The molecular weight excluding hydrogens is 457 g/mol. The van der Waals surface area contributed by atoms with Gasteiger partial charge in [0.15, 0.2) is 0 Å². The number of halogens is 1. The molecule has 3 rings (SSSR count). The van der Waals surface area contributed by atoms with Gasteiger partial charge in [0.2, 0.25) is 0 Å². The fourth-order valence-corrected chi connectivity index (χ4v) is 4.09. The van der Waals surface area contributed by atoms with Crippen LogP contribution in [0.2, 0.25) is 0 Å². The highest BCUT2D eigenvalue weighted by Crippen LogP contribution is 2.33. The van der Waals surface area contributed by atoms with Crippen LogP contribution < -0.4 is 10.1 Å². The Kier molecular flexibility index (Phi) is 9.24. The zero-order valence-corrected chi connectivity index (χ0v) is 21.7. The number of para-hydroxylation sites is 1. The van der Waals surface area contributed by atoms with E-state index in [0.717, 1.165) is 36.1 Å². The number of nitrogens with one attached hydrogen (secondary N) is 1. The Hall–Kier alpha value is -3.22. The summed E-state index contributed by atoms with van der Waals surface area (Å²) in [6.07, 6.45) is 1.39. The van der Waals surface area contributed by atoms with Crippen molar-refractivity contribution in [2.24, 2.45) is 0 Å². The van der Waals surface area contributed by atoms with Crippen LogP contribution in [-0.4, -0.2) is 29.8 Å². The van der Waals surface area contributed by atoms with Crippen LogP contribution in [-0.2, 0) is 11.2 Å². The molecule has 2 N–H and O–H groups in total. The quantitative estimate of drug-likeness (QED) is 0.266. The van der Waals surface area contributed by atoms with E-state index < -0.39 is 5.97 Å². The van der Waals surface area contributed by atoms with Crippen molar-refractivity contribution < 1.29 is 23.8 Å². The topological polar surface area (TPSA) is 67.8 Å². The fourth-order valence-electron chi connectivity index (χ4n) is 4.09. The lowest BCUT2D eigenvalue weighted by atomic mass is 9.94. The van der Waals surface area contributed by atoms with Crippen molar-refractivity contribution in [2.75, 3.05) is 13.2 Å². The Morgan fingerprint density at radius 3 is 2.47 bits per heavy atom. The number of aromatic carboxylic acids is 1. The molecule has 36 heavy (non-hydrogen) atoms. The molecule has 6 heteroatoms. The standard InChI is InChI=1S/C30H36FNO4/c1-20-11-12-23(18-26(20)31)19-30(4,5)32-15-8-16-35-22(3)25-9-6-7-10-28(25)36-27-14-13-24(29(33)34)17-21(27)2/h6-7,9-14,17-18,22,32H,8,15-16,19H2,1-5H3,(H,33,34)/t22-/m1/s1. The van der Waals surface area contributed by atoms with Crippen molar-refractivity contribution >= 4 is 5.97 Å². The van der Waals surface area contributed by atoms with Gasteiger partial charge in [-0.05, 0) is 101 Å². The zero-order valence-electron chi connectivity index (χ0n) is 21.7.